The first-order valence-electron chi connectivity index (χ1n) is 6.21. The summed E-state index contributed by atoms with van der Waals surface area (Å²) >= 11 is 0. The third-order valence-electron chi connectivity index (χ3n) is 3.20. The van der Waals surface area contributed by atoms with Gasteiger partial charge in [-0.05, 0) is 30.7 Å². The van der Waals surface area contributed by atoms with Crippen molar-refractivity contribution in [2.45, 2.75) is 6.92 Å². The number of aromatic amines is 1. The molecule has 0 aliphatic carbocycles. The molecule has 0 bridgehead atoms. The Bertz CT molecular complexity index is 713. The molecule has 3 N–H and O–H groups in total. The second-order valence-corrected chi connectivity index (χ2v) is 4.61. The first kappa shape index (κ1) is 11.5. The van der Waals surface area contributed by atoms with Crippen molar-refractivity contribution in [3.63, 3.8) is 0 Å². The summed E-state index contributed by atoms with van der Waals surface area (Å²) in [7, 11) is 0. The Morgan fingerprint density at radius 1 is 1.00 bits per heavy atom. The largest absolute Gasteiger partial charge is 0.399 e. The smallest absolute Gasteiger partial charge is 0.0927 e. The molecule has 2 aromatic carbocycles. The molecule has 0 saturated heterocycles. The van der Waals surface area contributed by atoms with Gasteiger partial charge in [-0.1, -0.05) is 36.4 Å². The zero-order chi connectivity index (χ0) is 13.2. The monoisotopic (exact) mass is 249 g/mol. The molecule has 3 rings (SSSR count). The quantitative estimate of drug-likeness (QED) is 0.681. The lowest BCUT2D eigenvalue weighted by Crippen LogP contribution is -1.84. The maximum atomic E-state index is 5.80. The molecule has 1 heterocycles. The van der Waals surface area contributed by atoms with Crippen molar-refractivity contribution in [3.05, 3.63) is 60.2 Å². The number of H-pyrrole nitrogens is 1. The zero-order valence-electron chi connectivity index (χ0n) is 10.7. The van der Waals surface area contributed by atoms with Gasteiger partial charge < -0.3 is 5.73 Å². The Morgan fingerprint density at radius 2 is 1.84 bits per heavy atom. The van der Waals surface area contributed by atoms with E-state index in [1.54, 1.807) is 0 Å². The molecular weight excluding hydrogens is 234 g/mol. The Hall–Kier alpha value is -2.55. The van der Waals surface area contributed by atoms with E-state index in [9.17, 15) is 0 Å². The van der Waals surface area contributed by atoms with E-state index in [4.69, 9.17) is 5.73 Å². The minimum absolute atomic E-state index is 0.748. The average Bonchev–Trinajstić information content (AvgIpc) is 2.89. The molecule has 0 saturated carbocycles. The fourth-order valence-electron chi connectivity index (χ4n) is 2.18. The van der Waals surface area contributed by atoms with E-state index >= 15 is 0 Å². The van der Waals surface area contributed by atoms with Crippen LogP contribution in [0.2, 0.25) is 0 Å². The molecule has 0 unspecified atom stereocenters. The normalized spacial score (nSPS) is 10.6. The summed E-state index contributed by atoms with van der Waals surface area (Å²) in [5.74, 6) is 0. The lowest BCUT2D eigenvalue weighted by Gasteiger charge is -2.01. The van der Waals surface area contributed by atoms with Crippen molar-refractivity contribution < 1.29 is 0 Å². The van der Waals surface area contributed by atoms with Crippen molar-refractivity contribution in [1.82, 2.24) is 10.2 Å². The predicted octanol–water partition coefficient (Wildman–Crippen LogP) is 3.63. The van der Waals surface area contributed by atoms with E-state index in [0.717, 1.165) is 22.6 Å². The minimum Gasteiger partial charge on any atom is -0.399 e. The van der Waals surface area contributed by atoms with E-state index in [-0.39, 0.29) is 0 Å². The zero-order valence-corrected chi connectivity index (χ0v) is 10.7. The van der Waals surface area contributed by atoms with Crippen LogP contribution in [0, 0.1) is 6.92 Å². The number of nitrogens with zero attached hydrogens (tertiary/aromatic N) is 1. The summed E-state index contributed by atoms with van der Waals surface area (Å²) in [6, 6.07) is 18.0. The second kappa shape index (κ2) is 4.61. The number of nitrogens with one attached hydrogen (secondary N) is 1. The standard InChI is InChI=1S/C16H15N3/c1-11-5-2-3-8-14(11)16-10-15(18-19-16)12-6-4-7-13(17)9-12/h2-10H,17H2,1H3,(H,18,19). The van der Waals surface area contributed by atoms with Crippen LogP contribution in [0.25, 0.3) is 22.5 Å². The highest BCUT2D eigenvalue weighted by molar-refractivity contribution is 5.71. The summed E-state index contributed by atoms with van der Waals surface area (Å²) in [6.07, 6.45) is 0. The molecule has 0 atom stereocenters. The molecular formula is C16H15N3. The summed E-state index contributed by atoms with van der Waals surface area (Å²) in [5, 5.41) is 7.45. The van der Waals surface area contributed by atoms with Crippen LogP contribution in [-0.2, 0) is 0 Å². The van der Waals surface area contributed by atoms with Gasteiger partial charge in [-0.25, -0.2) is 0 Å². The molecule has 3 aromatic rings. The number of nitrogen functional groups attached to an aromatic ring is 1. The number of aromatic nitrogens is 2. The van der Waals surface area contributed by atoms with Gasteiger partial charge in [-0.2, -0.15) is 5.10 Å². The Balaban J connectivity index is 2.03. The van der Waals surface area contributed by atoms with E-state index in [2.05, 4.69) is 35.3 Å². The number of aryl methyl sites for hydroxylation is 1. The molecule has 1 aromatic heterocycles. The van der Waals surface area contributed by atoms with Gasteiger partial charge in [0.15, 0.2) is 0 Å². The number of nitrogens with two attached hydrogens (primary N) is 1. The maximum Gasteiger partial charge on any atom is 0.0927 e. The molecule has 0 amide bonds. The summed E-state index contributed by atoms with van der Waals surface area (Å²) in [5.41, 5.74) is 11.9. The molecule has 0 spiro atoms. The van der Waals surface area contributed by atoms with E-state index < -0.39 is 0 Å². The molecule has 0 fully saturated rings. The van der Waals surface area contributed by atoms with Crippen LogP contribution < -0.4 is 5.73 Å². The fourth-order valence-corrected chi connectivity index (χ4v) is 2.18. The van der Waals surface area contributed by atoms with Crippen LogP contribution >= 0.6 is 0 Å². The van der Waals surface area contributed by atoms with Gasteiger partial charge in [0, 0.05) is 16.8 Å². The minimum atomic E-state index is 0.748. The molecule has 3 nitrogen and oxygen atoms in total. The maximum absolute atomic E-state index is 5.80. The molecule has 0 radical (unpaired) electrons. The first-order valence-corrected chi connectivity index (χ1v) is 6.21. The predicted molar refractivity (Wildman–Crippen MR) is 78.6 cm³/mol. The van der Waals surface area contributed by atoms with Crippen molar-refractivity contribution in [2.24, 2.45) is 0 Å². The van der Waals surface area contributed by atoms with Crippen molar-refractivity contribution in [3.8, 4) is 22.5 Å². The van der Waals surface area contributed by atoms with E-state index in [0.29, 0.717) is 0 Å². The SMILES string of the molecule is Cc1ccccc1-c1cc(-c2cccc(N)c2)n[nH]1. The average molecular weight is 249 g/mol. The van der Waals surface area contributed by atoms with Crippen LogP contribution in [0.1, 0.15) is 5.56 Å². The Labute approximate surface area is 112 Å². The molecule has 0 aliphatic rings. The third kappa shape index (κ3) is 2.22. The molecule has 19 heavy (non-hydrogen) atoms. The van der Waals surface area contributed by atoms with Gasteiger partial charge in [0.1, 0.15) is 0 Å². The van der Waals surface area contributed by atoms with Crippen molar-refractivity contribution in [1.29, 1.82) is 0 Å². The highest BCUT2D eigenvalue weighted by atomic mass is 15.1. The third-order valence-corrected chi connectivity index (χ3v) is 3.20. The summed E-state index contributed by atoms with van der Waals surface area (Å²) in [6.45, 7) is 2.09. The Morgan fingerprint density at radius 3 is 2.63 bits per heavy atom. The topological polar surface area (TPSA) is 54.7 Å². The highest BCUT2D eigenvalue weighted by Crippen LogP contribution is 2.26. The molecule has 3 heteroatoms. The lowest BCUT2D eigenvalue weighted by atomic mass is 10.0. The Kier molecular flexibility index (Phi) is 2.80. The van der Waals surface area contributed by atoms with Crippen LogP contribution in [0.5, 0.6) is 0 Å². The number of rotatable bonds is 2. The van der Waals surface area contributed by atoms with Gasteiger partial charge >= 0.3 is 0 Å². The van der Waals surface area contributed by atoms with Crippen LogP contribution in [0.3, 0.4) is 0 Å². The van der Waals surface area contributed by atoms with Gasteiger partial charge in [0.2, 0.25) is 0 Å². The van der Waals surface area contributed by atoms with Gasteiger partial charge in [0.05, 0.1) is 11.4 Å². The summed E-state index contributed by atoms with van der Waals surface area (Å²) < 4.78 is 0. The van der Waals surface area contributed by atoms with Crippen LogP contribution in [0.4, 0.5) is 5.69 Å². The van der Waals surface area contributed by atoms with Gasteiger partial charge in [-0.15, -0.1) is 0 Å². The lowest BCUT2D eigenvalue weighted by molar-refractivity contribution is 1.10. The highest BCUT2D eigenvalue weighted by Gasteiger charge is 2.07. The van der Waals surface area contributed by atoms with Crippen molar-refractivity contribution in [2.75, 3.05) is 5.73 Å². The van der Waals surface area contributed by atoms with E-state index in [1.165, 1.54) is 11.1 Å². The molecule has 94 valence electrons. The summed E-state index contributed by atoms with van der Waals surface area (Å²) in [4.78, 5) is 0. The molecule has 0 aliphatic heterocycles. The number of benzene rings is 2. The number of hydrogen-bond donors (Lipinski definition) is 2. The first-order chi connectivity index (χ1) is 9.24. The number of anilines is 1. The number of hydrogen-bond acceptors (Lipinski definition) is 2. The van der Waals surface area contributed by atoms with Crippen molar-refractivity contribution >= 4 is 5.69 Å². The van der Waals surface area contributed by atoms with Crippen LogP contribution in [-0.4, -0.2) is 10.2 Å². The van der Waals surface area contributed by atoms with E-state index in [1.807, 2.05) is 36.4 Å². The second-order valence-electron chi connectivity index (χ2n) is 4.61. The van der Waals surface area contributed by atoms with Crippen LogP contribution in [0.15, 0.2) is 54.6 Å². The fraction of sp³-hybridized carbons (Fsp3) is 0.0625. The van der Waals surface area contributed by atoms with Gasteiger partial charge in [0.25, 0.3) is 0 Å². The van der Waals surface area contributed by atoms with Gasteiger partial charge in [-0.3, -0.25) is 5.10 Å².